The summed E-state index contributed by atoms with van der Waals surface area (Å²) in [5, 5.41) is -3.34. The van der Waals surface area contributed by atoms with Gasteiger partial charge in [-0.15, -0.1) is 0 Å². The molecule has 0 spiro atoms. The predicted octanol–water partition coefficient (Wildman–Crippen LogP) is 7.96. The van der Waals surface area contributed by atoms with Gasteiger partial charge in [0.25, 0.3) is 0 Å². The van der Waals surface area contributed by atoms with Gasteiger partial charge in [0.1, 0.15) is 17.1 Å². The summed E-state index contributed by atoms with van der Waals surface area (Å²) in [7, 11) is 1.09. The number of rotatable bonds is 3. The van der Waals surface area contributed by atoms with Crippen molar-refractivity contribution in [1.29, 1.82) is 0 Å². The monoisotopic (exact) mass is 500 g/mol. The largest absolute Gasteiger partial charge is 0.496 e. The van der Waals surface area contributed by atoms with E-state index in [4.69, 9.17) is 9.47 Å². The molecule has 35 heavy (non-hydrogen) atoms. The minimum atomic E-state index is -2.17. The van der Waals surface area contributed by atoms with E-state index in [2.05, 4.69) is 0 Å². The molecule has 0 heterocycles. The first-order valence-electron chi connectivity index (χ1n) is 10.1. The van der Waals surface area contributed by atoms with Crippen LogP contribution in [-0.4, -0.2) is 12.7 Å². The van der Waals surface area contributed by atoms with Crippen LogP contribution in [0.4, 0.5) is 35.1 Å². The van der Waals surface area contributed by atoms with E-state index in [-0.39, 0.29) is 11.5 Å². The van der Waals surface area contributed by atoms with Crippen molar-refractivity contribution in [3.8, 4) is 22.6 Å². The number of hydrogen-bond acceptors (Lipinski definition) is 2. The van der Waals surface area contributed by atoms with E-state index in [0.717, 1.165) is 31.4 Å². The highest BCUT2D eigenvalue weighted by Gasteiger charge is 2.31. The van der Waals surface area contributed by atoms with Crippen LogP contribution in [-0.2, 0) is 0 Å². The van der Waals surface area contributed by atoms with E-state index >= 15 is 8.78 Å². The standard InChI is InChI=1S/C25H16F8O2/c1-25(2,3)35-12-8-6-10-14(20(29)24(33)22(31)18(10)27)16(12)15-11(34-4)7-5-9-13(15)19(28)23(32)21(30)17(9)26/h5-8H,1-4H3. The van der Waals surface area contributed by atoms with Crippen LogP contribution in [0.1, 0.15) is 20.8 Å². The first-order valence-corrected chi connectivity index (χ1v) is 10.1. The Morgan fingerprint density at radius 3 is 1.29 bits per heavy atom. The number of halogens is 8. The fourth-order valence-electron chi connectivity index (χ4n) is 3.91. The Labute approximate surface area is 193 Å². The Kier molecular flexibility index (Phi) is 5.81. The van der Waals surface area contributed by atoms with E-state index in [0.29, 0.717) is 0 Å². The summed E-state index contributed by atoms with van der Waals surface area (Å²) in [5.41, 5.74) is -2.19. The summed E-state index contributed by atoms with van der Waals surface area (Å²) in [6.07, 6.45) is 0. The molecule has 4 aromatic rings. The van der Waals surface area contributed by atoms with Crippen molar-refractivity contribution in [1.82, 2.24) is 0 Å². The molecule has 0 bridgehead atoms. The number of methoxy groups -OCH3 is 1. The fourth-order valence-corrected chi connectivity index (χ4v) is 3.91. The molecule has 0 fully saturated rings. The molecule has 0 aromatic heterocycles. The Bertz CT molecular complexity index is 1520. The quantitative estimate of drug-likeness (QED) is 0.161. The summed E-state index contributed by atoms with van der Waals surface area (Å²) in [4.78, 5) is 0. The zero-order valence-corrected chi connectivity index (χ0v) is 18.6. The average molecular weight is 500 g/mol. The maximum absolute atomic E-state index is 15.2. The van der Waals surface area contributed by atoms with Gasteiger partial charge in [-0.05, 0) is 45.0 Å². The van der Waals surface area contributed by atoms with Crippen molar-refractivity contribution in [3.05, 3.63) is 70.8 Å². The summed E-state index contributed by atoms with van der Waals surface area (Å²) < 4.78 is 127. The van der Waals surface area contributed by atoms with Crippen LogP contribution >= 0.6 is 0 Å². The first-order chi connectivity index (χ1) is 16.3. The van der Waals surface area contributed by atoms with Crippen molar-refractivity contribution in [2.75, 3.05) is 7.11 Å². The smallest absolute Gasteiger partial charge is 0.198 e. The maximum Gasteiger partial charge on any atom is 0.198 e. The molecular formula is C25H16F8O2. The summed E-state index contributed by atoms with van der Waals surface area (Å²) in [6, 6.07) is 3.93. The van der Waals surface area contributed by atoms with Crippen LogP contribution in [0.25, 0.3) is 32.7 Å². The number of hydrogen-bond donors (Lipinski definition) is 0. The van der Waals surface area contributed by atoms with Crippen LogP contribution in [0.15, 0.2) is 24.3 Å². The van der Waals surface area contributed by atoms with Crippen molar-refractivity contribution in [3.63, 3.8) is 0 Å². The summed E-state index contributed by atoms with van der Waals surface area (Å²) in [5.74, 6) is -16.4. The second kappa shape index (κ2) is 8.28. The Hall–Kier alpha value is -3.56. The van der Waals surface area contributed by atoms with Gasteiger partial charge in [-0.2, -0.15) is 0 Å². The molecule has 0 atom stereocenters. The van der Waals surface area contributed by atoms with Crippen LogP contribution < -0.4 is 9.47 Å². The lowest BCUT2D eigenvalue weighted by Gasteiger charge is -2.26. The summed E-state index contributed by atoms with van der Waals surface area (Å²) in [6.45, 7) is 4.70. The van der Waals surface area contributed by atoms with Gasteiger partial charge in [-0.1, -0.05) is 0 Å². The predicted molar refractivity (Wildman–Crippen MR) is 113 cm³/mol. The Morgan fingerprint density at radius 2 is 0.886 bits per heavy atom. The van der Waals surface area contributed by atoms with Gasteiger partial charge < -0.3 is 9.47 Å². The first kappa shape index (κ1) is 24.6. The highest BCUT2D eigenvalue weighted by atomic mass is 19.2. The van der Waals surface area contributed by atoms with E-state index in [1.807, 2.05) is 0 Å². The van der Waals surface area contributed by atoms with Crippen molar-refractivity contribution < 1.29 is 44.6 Å². The molecule has 0 amide bonds. The topological polar surface area (TPSA) is 18.5 Å². The van der Waals surface area contributed by atoms with Gasteiger partial charge in [0, 0.05) is 32.7 Å². The lowest BCUT2D eigenvalue weighted by atomic mass is 9.90. The van der Waals surface area contributed by atoms with E-state index in [9.17, 15) is 26.3 Å². The number of ether oxygens (including phenoxy) is 2. The van der Waals surface area contributed by atoms with Crippen molar-refractivity contribution in [2.24, 2.45) is 0 Å². The Morgan fingerprint density at radius 1 is 0.514 bits per heavy atom. The van der Waals surface area contributed by atoms with Crippen LogP contribution in [0.5, 0.6) is 11.5 Å². The molecule has 0 unspecified atom stereocenters. The highest BCUT2D eigenvalue weighted by molar-refractivity contribution is 6.10. The normalized spacial score (nSPS) is 12.0. The van der Waals surface area contributed by atoms with Crippen molar-refractivity contribution >= 4 is 21.5 Å². The van der Waals surface area contributed by atoms with Crippen molar-refractivity contribution in [2.45, 2.75) is 26.4 Å². The second-order valence-corrected chi connectivity index (χ2v) is 8.65. The molecule has 4 rings (SSSR count). The number of benzene rings is 4. The molecule has 0 aliphatic heterocycles. The van der Waals surface area contributed by atoms with Gasteiger partial charge in [0.15, 0.2) is 46.5 Å². The van der Waals surface area contributed by atoms with E-state index < -0.39 is 84.8 Å². The minimum Gasteiger partial charge on any atom is -0.496 e. The minimum absolute atomic E-state index is 0.301. The third-order valence-electron chi connectivity index (χ3n) is 5.29. The lowest BCUT2D eigenvalue weighted by Crippen LogP contribution is -2.23. The molecule has 10 heteroatoms. The summed E-state index contributed by atoms with van der Waals surface area (Å²) >= 11 is 0. The van der Waals surface area contributed by atoms with Gasteiger partial charge >= 0.3 is 0 Å². The molecule has 0 radical (unpaired) electrons. The zero-order chi connectivity index (χ0) is 26.0. The Balaban J connectivity index is 2.36. The third kappa shape index (κ3) is 3.71. The van der Waals surface area contributed by atoms with Crippen LogP contribution in [0.2, 0.25) is 0 Å². The fraction of sp³-hybridized carbons (Fsp3) is 0.200. The molecular weight excluding hydrogens is 484 g/mol. The molecule has 0 saturated heterocycles. The van der Waals surface area contributed by atoms with Gasteiger partial charge in [0.2, 0.25) is 0 Å². The molecule has 0 aliphatic carbocycles. The SMILES string of the molecule is COc1ccc2c(F)c(F)c(F)c(F)c2c1-c1c(OC(C)(C)C)ccc2c(F)c(F)c(F)c(F)c12. The molecule has 184 valence electrons. The lowest BCUT2D eigenvalue weighted by molar-refractivity contribution is 0.132. The van der Waals surface area contributed by atoms with Crippen LogP contribution in [0.3, 0.4) is 0 Å². The van der Waals surface area contributed by atoms with E-state index in [1.54, 1.807) is 20.8 Å². The van der Waals surface area contributed by atoms with Gasteiger partial charge in [0.05, 0.1) is 7.11 Å². The molecule has 0 aliphatic rings. The second-order valence-electron chi connectivity index (χ2n) is 8.65. The van der Waals surface area contributed by atoms with Gasteiger partial charge in [-0.25, -0.2) is 35.1 Å². The highest BCUT2D eigenvalue weighted by Crippen LogP contribution is 2.49. The van der Waals surface area contributed by atoms with E-state index in [1.165, 1.54) is 0 Å². The van der Waals surface area contributed by atoms with Gasteiger partial charge in [-0.3, -0.25) is 0 Å². The molecule has 0 saturated carbocycles. The third-order valence-corrected chi connectivity index (χ3v) is 5.29. The molecule has 4 aromatic carbocycles. The molecule has 2 nitrogen and oxygen atoms in total. The number of fused-ring (bicyclic) bond motifs is 2. The van der Waals surface area contributed by atoms with Crippen LogP contribution in [0, 0.1) is 46.5 Å². The zero-order valence-electron chi connectivity index (χ0n) is 18.6. The average Bonchev–Trinajstić information content (AvgIpc) is 2.81. The molecule has 0 N–H and O–H groups in total. The maximum atomic E-state index is 15.2.